The number of carbonyl (C=O) groups excluding carboxylic acids is 1. The van der Waals surface area contributed by atoms with Crippen molar-refractivity contribution in [2.45, 2.75) is 25.3 Å². The molecule has 5 rings (SSSR count). The normalized spacial score (nSPS) is 14.6. The van der Waals surface area contributed by atoms with E-state index in [4.69, 9.17) is 33.7 Å². The number of primary amides is 1. The molecule has 0 atom stereocenters. The summed E-state index contributed by atoms with van der Waals surface area (Å²) in [5.74, 6) is -1.75. The Morgan fingerprint density at radius 2 is 1.91 bits per heavy atom. The van der Waals surface area contributed by atoms with Gasteiger partial charge in [-0.1, -0.05) is 23.2 Å². The average molecular weight is 476 g/mol. The SMILES string of the molecule is CC1(n2c(=O)[nH]c3ccc(Oc4c(Cl)cc(-n5c(C(N)=O)noc5=O)cc4Cl)cc32)CC1. The van der Waals surface area contributed by atoms with Crippen molar-refractivity contribution in [3.8, 4) is 17.2 Å². The van der Waals surface area contributed by atoms with Gasteiger partial charge in [0.15, 0.2) is 5.75 Å². The molecule has 3 N–H and O–H groups in total. The third kappa shape index (κ3) is 3.19. The molecule has 1 fully saturated rings. The number of hydrogen-bond acceptors (Lipinski definition) is 6. The second kappa shape index (κ2) is 7.01. The zero-order chi connectivity index (χ0) is 22.8. The van der Waals surface area contributed by atoms with Crippen LogP contribution in [0.5, 0.6) is 11.5 Å². The van der Waals surface area contributed by atoms with E-state index in [-0.39, 0.29) is 32.7 Å². The lowest BCUT2D eigenvalue weighted by molar-refractivity contribution is 0.0985. The second-order valence-electron chi connectivity index (χ2n) is 7.75. The molecule has 1 saturated carbocycles. The van der Waals surface area contributed by atoms with Crippen LogP contribution in [0.3, 0.4) is 0 Å². The molecule has 4 aromatic rings. The van der Waals surface area contributed by atoms with Gasteiger partial charge in [-0.2, -0.15) is 0 Å². The number of H-pyrrole nitrogens is 1. The summed E-state index contributed by atoms with van der Waals surface area (Å²) in [7, 11) is 0. The van der Waals surface area contributed by atoms with Gasteiger partial charge in [-0.3, -0.25) is 13.9 Å². The van der Waals surface area contributed by atoms with Gasteiger partial charge in [0.25, 0.3) is 5.91 Å². The van der Waals surface area contributed by atoms with Gasteiger partial charge in [-0.15, -0.1) is 0 Å². The summed E-state index contributed by atoms with van der Waals surface area (Å²) in [6.45, 7) is 2.02. The third-order valence-electron chi connectivity index (χ3n) is 5.45. The Bertz CT molecular complexity index is 1500. The molecule has 0 radical (unpaired) electrons. The summed E-state index contributed by atoms with van der Waals surface area (Å²) >= 11 is 12.7. The van der Waals surface area contributed by atoms with E-state index < -0.39 is 17.5 Å². The number of benzene rings is 2. The first-order chi connectivity index (χ1) is 15.2. The number of nitrogens with two attached hydrogens (primary N) is 1. The Labute approximate surface area is 189 Å². The number of rotatable bonds is 5. The predicted molar refractivity (Wildman–Crippen MR) is 116 cm³/mol. The molecule has 1 aliphatic rings. The van der Waals surface area contributed by atoms with Gasteiger partial charge in [-0.05, 0) is 49.2 Å². The molecule has 1 aliphatic carbocycles. The van der Waals surface area contributed by atoms with Gasteiger partial charge in [0.2, 0.25) is 5.82 Å². The van der Waals surface area contributed by atoms with Crippen molar-refractivity contribution >= 4 is 40.1 Å². The monoisotopic (exact) mass is 475 g/mol. The van der Waals surface area contributed by atoms with Crippen molar-refractivity contribution in [1.82, 2.24) is 19.3 Å². The van der Waals surface area contributed by atoms with Crippen LogP contribution in [-0.2, 0) is 5.54 Å². The number of hydrogen-bond donors (Lipinski definition) is 2. The maximum absolute atomic E-state index is 12.4. The highest BCUT2D eigenvalue weighted by molar-refractivity contribution is 6.37. The molecule has 1 amide bonds. The fourth-order valence-corrected chi connectivity index (χ4v) is 4.16. The van der Waals surface area contributed by atoms with Crippen LogP contribution in [-0.4, -0.2) is 25.2 Å². The quantitative estimate of drug-likeness (QED) is 0.454. The number of amides is 1. The fourth-order valence-electron chi connectivity index (χ4n) is 3.61. The molecule has 10 nitrogen and oxygen atoms in total. The molecule has 0 spiro atoms. The van der Waals surface area contributed by atoms with E-state index in [9.17, 15) is 14.4 Å². The van der Waals surface area contributed by atoms with Crippen molar-refractivity contribution in [3.05, 3.63) is 67.2 Å². The predicted octanol–water partition coefficient (Wildman–Crippen LogP) is 3.18. The van der Waals surface area contributed by atoms with E-state index in [0.29, 0.717) is 16.8 Å². The van der Waals surface area contributed by atoms with Gasteiger partial charge in [0, 0.05) is 11.6 Å². The first kappa shape index (κ1) is 20.4. The van der Waals surface area contributed by atoms with Crippen LogP contribution in [0.1, 0.15) is 30.4 Å². The standard InChI is InChI=1S/C20H15Cl2N5O5/c1-20(4-5-20)27-14-8-10(2-3-13(14)24-18(27)29)31-15-11(21)6-9(7-12(15)22)26-17(16(23)28)25-32-19(26)30/h2-3,6-8H,4-5H2,1H3,(H2,23,28)(H,24,29). The Balaban J connectivity index is 1.55. The Morgan fingerprint density at radius 3 is 2.53 bits per heavy atom. The molecular formula is C20H15Cl2N5O5. The maximum atomic E-state index is 12.4. The van der Waals surface area contributed by atoms with E-state index in [1.807, 2.05) is 6.92 Å². The average Bonchev–Trinajstić information content (AvgIpc) is 3.18. The van der Waals surface area contributed by atoms with Crippen LogP contribution in [0, 0.1) is 0 Å². The molecule has 32 heavy (non-hydrogen) atoms. The van der Waals surface area contributed by atoms with Crippen molar-refractivity contribution in [2.24, 2.45) is 5.73 Å². The summed E-state index contributed by atoms with van der Waals surface area (Å²) in [5, 5.41) is 3.49. The zero-order valence-electron chi connectivity index (χ0n) is 16.5. The number of carbonyl (C=O) groups is 1. The summed E-state index contributed by atoms with van der Waals surface area (Å²) in [4.78, 5) is 38.7. The molecule has 0 bridgehead atoms. The summed E-state index contributed by atoms with van der Waals surface area (Å²) in [6.07, 6.45) is 1.83. The minimum Gasteiger partial charge on any atom is -0.454 e. The molecule has 0 unspecified atom stereocenters. The number of aromatic amines is 1. The second-order valence-corrected chi connectivity index (χ2v) is 8.57. The number of fused-ring (bicyclic) bond motifs is 1. The Hall–Kier alpha value is -3.50. The maximum Gasteiger partial charge on any atom is 0.446 e. The molecule has 0 saturated heterocycles. The van der Waals surface area contributed by atoms with Gasteiger partial charge in [0.1, 0.15) is 5.75 Å². The molecule has 12 heteroatoms. The first-order valence-corrected chi connectivity index (χ1v) is 10.2. The lowest BCUT2D eigenvalue weighted by Gasteiger charge is -2.14. The Kier molecular flexibility index (Phi) is 4.47. The van der Waals surface area contributed by atoms with Crippen molar-refractivity contribution < 1.29 is 14.1 Å². The third-order valence-corrected chi connectivity index (χ3v) is 6.02. The first-order valence-electron chi connectivity index (χ1n) is 9.49. The smallest absolute Gasteiger partial charge is 0.446 e. The highest BCUT2D eigenvalue weighted by Crippen LogP contribution is 2.44. The minimum atomic E-state index is -0.960. The number of imidazole rings is 1. The zero-order valence-corrected chi connectivity index (χ0v) is 18.0. The van der Waals surface area contributed by atoms with E-state index >= 15 is 0 Å². The number of aromatic nitrogens is 4. The minimum absolute atomic E-state index is 0.0664. The number of ether oxygens (including phenoxy) is 1. The van der Waals surface area contributed by atoms with Crippen molar-refractivity contribution in [2.75, 3.05) is 0 Å². The van der Waals surface area contributed by atoms with Gasteiger partial charge >= 0.3 is 11.4 Å². The Morgan fingerprint density at radius 1 is 1.22 bits per heavy atom. The highest BCUT2D eigenvalue weighted by Gasteiger charge is 2.41. The summed E-state index contributed by atoms with van der Waals surface area (Å²) < 4.78 is 13.0. The lowest BCUT2D eigenvalue weighted by atomic mass is 10.2. The number of halogens is 2. The number of nitrogens with zero attached hydrogens (tertiary/aromatic N) is 3. The molecular weight excluding hydrogens is 461 g/mol. The molecule has 164 valence electrons. The van der Waals surface area contributed by atoms with E-state index in [1.54, 1.807) is 22.8 Å². The molecule has 0 aliphatic heterocycles. The summed E-state index contributed by atoms with van der Waals surface area (Å²) in [6, 6.07) is 7.87. The van der Waals surface area contributed by atoms with E-state index in [0.717, 1.165) is 17.4 Å². The van der Waals surface area contributed by atoms with Crippen LogP contribution in [0.4, 0.5) is 0 Å². The van der Waals surface area contributed by atoms with Gasteiger partial charge in [-0.25, -0.2) is 14.2 Å². The van der Waals surface area contributed by atoms with Crippen LogP contribution in [0.25, 0.3) is 16.7 Å². The van der Waals surface area contributed by atoms with E-state index in [2.05, 4.69) is 14.7 Å². The van der Waals surface area contributed by atoms with Crippen LogP contribution >= 0.6 is 23.2 Å². The van der Waals surface area contributed by atoms with Crippen LogP contribution in [0.2, 0.25) is 10.0 Å². The van der Waals surface area contributed by atoms with Gasteiger partial charge in [0.05, 0.1) is 26.8 Å². The highest BCUT2D eigenvalue weighted by atomic mass is 35.5. The fraction of sp³-hybridized carbons (Fsp3) is 0.200. The van der Waals surface area contributed by atoms with Crippen molar-refractivity contribution in [1.29, 1.82) is 0 Å². The topological polar surface area (TPSA) is 138 Å². The lowest BCUT2D eigenvalue weighted by Crippen LogP contribution is -2.25. The largest absolute Gasteiger partial charge is 0.454 e. The van der Waals surface area contributed by atoms with Crippen LogP contribution < -0.4 is 21.9 Å². The van der Waals surface area contributed by atoms with Crippen molar-refractivity contribution in [3.63, 3.8) is 0 Å². The molecule has 2 aromatic carbocycles. The van der Waals surface area contributed by atoms with Gasteiger partial charge < -0.3 is 15.5 Å². The molecule has 2 aromatic heterocycles. The molecule has 2 heterocycles. The van der Waals surface area contributed by atoms with E-state index in [1.165, 1.54) is 12.1 Å². The summed E-state index contributed by atoms with van der Waals surface area (Å²) in [5.41, 5.74) is 6.36. The number of nitrogens with one attached hydrogen (secondary N) is 1. The van der Waals surface area contributed by atoms with Crippen LogP contribution in [0.15, 0.2) is 44.4 Å².